The van der Waals surface area contributed by atoms with Crippen molar-refractivity contribution in [3.05, 3.63) is 147 Å². The molecule has 2 aliphatic rings. The fourth-order valence-corrected chi connectivity index (χ4v) is 6.35. The van der Waals surface area contributed by atoms with Crippen LogP contribution in [-0.2, 0) is 5.60 Å². The fraction of sp³-hybridized carbons (Fsp3) is 0.293. The third kappa shape index (κ3) is 9.97. The number of fused-ring (bicyclic) bond motifs is 2. The highest BCUT2D eigenvalue weighted by atomic mass is 35.5. The highest BCUT2D eigenvalue weighted by Crippen LogP contribution is 2.35. The van der Waals surface area contributed by atoms with Crippen LogP contribution in [0.3, 0.4) is 0 Å². The molecule has 7 heteroatoms. The molecule has 0 bridgehead atoms. The van der Waals surface area contributed by atoms with Crippen LogP contribution in [0.1, 0.15) is 70.3 Å². The second kappa shape index (κ2) is 17.7. The third-order valence-corrected chi connectivity index (χ3v) is 9.23. The van der Waals surface area contributed by atoms with Crippen molar-refractivity contribution in [3.8, 4) is 0 Å². The summed E-state index contributed by atoms with van der Waals surface area (Å²) < 4.78 is 12.9. The van der Waals surface area contributed by atoms with Crippen molar-refractivity contribution in [2.24, 2.45) is 0 Å². The lowest BCUT2D eigenvalue weighted by atomic mass is 9.84. The van der Waals surface area contributed by atoms with Gasteiger partial charge in [-0.2, -0.15) is 0 Å². The zero-order valence-corrected chi connectivity index (χ0v) is 29.3. The Hall–Kier alpha value is -3.58. The Kier molecular flexibility index (Phi) is 13.7. The highest BCUT2D eigenvalue weighted by Gasteiger charge is 2.33. The Morgan fingerprint density at radius 2 is 1.44 bits per heavy atom. The standard InChI is InChI=1S/C21H23ClFNO2.C20H21N.ClH/c22-18-7-5-17(6-8-18)21(26)11-14-24(15-12-21)13-1-2-20(25)16-3-9-19(23)10-4-16;1-21(2)15-7-12-20-18-10-5-3-8-16(18)13-14-17-9-4-6-11-19(17)20;/h3-10,26H,1-2,11-15H2;3-6,8-14H,7,15H2,1-2H3;1H. The van der Waals surface area contributed by atoms with Crippen molar-refractivity contribution in [2.75, 3.05) is 40.3 Å². The summed E-state index contributed by atoms with van der Waals surface area (Å²) in [5.41, 5.74) is 7.28. The summed E-state index contributed by atoms with van der Waals surface area (Å²) in [5.74, 6) is -0.289. The third-order valence-electron chi connectivity index (χ3n) is 8.98. The Balaban J connectivity index is 0.000000217. The van der Waals surface area contributed by atoms with Gasteiger partial charge in [0.05, 0.1) is 5.60 Å². The molecule has 1 N–H and O–H groups in total. The van der Waals surface area contributed by atoms with E-state index in [9.17, 15) is 14.3 Å². The first-order valence-corrected chi connectivity index (χ1v) is 16.8. The minimum absolute atomic E-state index is 0. The van der Waals surface area contributed by atoms with E-state index in [1.54, 1.807) is 0 Å². The predicted molar refractivity (Wildman–Crippen MR) is 200 cm³/mol. The van der Waals surface area contributed by atoms with Crippen LogP contribution in [0.25, 0.3) is 17.7 Å². The van der Waals surface area contributed by atoms with E-state index in [2.05, 4.69) is 90.7 Å². The number of rotatable bonds is 9. The van der Waals surface area contributed by atoms with Crippen LogP contribution in [0.15, 0.2) is 103 Å². The van der Waals surface area contributed by atoms with E-state index in [0.717, 1.165) is 44.6 Å². The highest BCUT2D eigenvalue weighted by molar-refractivity contribution is 6.30. The lowest BCUT2D eigenvalue weighted by Gasteiger charge is -2.38. The Labute approximate surface area is 296 Å². The van der Waals surface area contributed by atoms with Gasteiger partial charge in [-0.15, -0.1) is 12.4 Å². The largest absolute Gasteiger partial charge is 0.385 e. The number of aliphatic hydroxyl groups is 1. The molecule has 4 nitrogen and oxygen atoms in total. The monoisotopic (exact) mass is 686 g/mol. The van der Waals surface area contributed by atoms with Crippen LogP contribution in [-0.4, -0.2) is 61.0 Å². The minimum Gasteiger partial charge on any atom is -0.385 e. The molecule has 6 rings (SSSR count). The van der Waals surface area contributed by atoms with E-state index in [1.807, 2.05) is 24.3 Å². The lowest BCUT2D eigenvalue weighted by molar-refractivity contribution is -0.0260. The van der Waals surface area contributed by atoms with Crippen LogP contribution in [0, 0.1) is 5.82 Å². The van der Waals surface area contributed by atoms with Gasteiger partial charge in [-0.1, -0.05) is 90.5 Å². The number of carbonyl (C=O) groups excluding carboxylic acids is 1. The Bertz CT molecular complexity index is 1640. The minimum atomic E-state index is -0.801. The van der Waals surface area contributed by atoms with Crippen molar-refractivity contribution in [1.82, 2.24) is 9.80 Å². The van der Waals surface area contributed by atoms with Crippen molar-refractivity contribution >= 4 is 47.5 Å². The second-order valence-electron chi connectivity index (χ2n) is 12.6. The van der Waals surface area contributed by atoms with Crippen molar-refractivity contribution < 1.29 is 14.3 Å². The number of carbonyl (C=O) groups is 1. The summed E-state index contributed by atoms with van der Waals surface area (Å²) in [4.78, 5) is 16.6. The number of ketones is 1. The molecule has 4 aromatic rings. The molecule has 0 radical (unpaired) electrons. The summed E-state index contributed by atoms with van der Waals surface area (Å²) in [6, 6.07) is 30.4. The van der Waals surface area contributed by atoms with Crippen LogP contribution < -0.4 is 0 Å². The number of piperidine rings is 1. The second-order valence-corrected chi connectivity index (χ2v) is 13.1. The Morgan fingerprint density at radius 1 is 0.875 bits per heavy atom. The molecule has 0 aromatic heterocycles. The van der Waals surface area contributed by atoms with Crippen LogP contribution >= 0.6 is 24.0 Å². The molecule has 0 amide bonds. The van der Waals surface area contributed by atoms with E-state index in [4.69, 9.17) is 11.6 Å². The molecule has 0 saturated carbocycles. The molecule has 48 heavy (non-hydrogen) atoms. The summed E-state index contributed by atoms with van der Waals surface area (Å²) in [5, 5.41) is 11.5. The SMILES string of the molecule is CN(C)CCC=C1c2ccccc2C=Cc2ccccc21.Cl.O=C(CCCN1CCC(O)(c2ccc(Cl)cc2)CC1)c1ccc(F)cc1. The van der Waals surface area contributed by atoms with Gasteiger partial charge in [0.2, 0.25) is 0 Å². The van der Waals surface area contributed by atoms with Gasteiger partial charge in [-0.3, -0.25) is 4.79 Å². The molecule has 1 fully saturated rings. The van der Waals surface area contributed by atoms with E-state index < -0.39 is 5.60 Å². The maximum atomic E-state index is 12.9. The number of halogens is 3. The van der Waals surface area contributed by atoms with Gasteiger partial charge < -0.3 is 14.9 Å². The van der Waals surface area contributed by atoms with Gasteiger partial charge in [-0.05, 0) is 116 Å². The lowest BCUT2D eigenvalue weighted by Crippen LogP contribution is -2.42. The summed E-state index contributed by atoms with van der Waals surface area (Å²) in [6.07, 6.45) is 10.4. The van der Waals surface area contributed by atoms with Crippen LogP contribution in [0.2, 0.25) is 5.02 Å². The maximum Gasteiger partial charge on any atom is 0.162 e. The van der Waals surface area contributed by atoms with Crippen molar-refractivity contribution in [2.45, 2.75) is 37.7 Å². The maximum absolute atomic E-state index is 12.9. The normalized spacial score (nSPS) is 14.9. The number of benzene rings is 4. The van der Waals surface area contributed by atoms with Gasteiger partial charge in [0.25, 0.3) is 0 Å². The first-order valence-electron chi connectivity index (χ1n) is 16.4. The summed E-state index contributed by atoms with van der Waals surface area (Å²) in [6.45, 7) is 3.48. The molecular formula is C41H45Cl2FN2O2. The molecule has 0 atom stereocenters. The molecule has 0 spiro atoms. The first-order chi connectivity index (χ1) is 22.7. The molecule has 1 heterocycles. The van der Waals surface area contributed by atoms with Gasteiger partial charge in [0.15, 0.2) is 5.78 Å². The van der Waals surface area contributed by atoms with E-state index in [-0.39, 0.29) is 24.0 Å². The van der Waals surface area contributed by atoms with Gasteiger partial charge in [0.1, 0.15) is 5.82 Å². The van der Waals surface area contributed by atoms with Crippen molar-refractivity contribution in [1.29, 1.82) is 0 Å². The summed E-state index contributed by atoms with van der Waals surface area (Å²) >= 11 is 5.92. The first kappa shape index (κ1) is 37.2. The molecular weight excluding hydrogens is 642 g/mol. The average molecular weight is 688 g/mol. The Morgan fingerprint density at radius 3 is 2.00 bits per heavy atom. The molecule has 1 aliphatic carbocycles. The molecule has 4 aromatic carbocycles. The van der Waals surface area contributed by atoms with Gasteiger partial charge >= 0.3 is 0 Å². The summed E-state index contributed by atoms with van der Waals surface area (Å²) in [7, 11) is 4.24. The quantitative estimate of drug-likeness (QED) is 0.157. The van der Waals surface area contributed by atoms with Crippen LogP contribution in [0.5, 0.6) is 0 Å². The predicted octanol–water partition coefficient (Wildman–Crippen LogP) is 9.40. The zero-order chi connectivity index (χ0) is 33.2. The molecule has 1 saturated heterocycles. The zero-order valence-electron chi connectivity index (χ0n) is 27.7. The van der Waals surface area contributed by atoms with Crippen LogP contribution in [0.4, 0.5) is 4.39 Å². The van der Waals surface area contributed by atoms with Gasteiger partial charge in [0, 0.05) is 36.6 Å². The topological polar surface area (TPSA) is 43.8 Å². The van der Waals surface area contributed by atoms with E-state index >= 15 is 0 Å². The van der Waals surface area contributed by atoms with Crippen molar-refractivity contribution in [3.63, 3.8) is 0 Å². The van der Waals surface area contributed by atoms with Gasteiger partial charge in [-0.25, -0.2) is 4.39 Å². The fourth-order valence-electron chi connectivity index (χ4n) is 6.23. The molecule has 1 aliphatic heterocycles. The number of Topliss-reactive ketones (excluding diaryl/α,β-unsaturated/α-hetero) is 1. The molecule has 0 unspecified atom stereocenters. The number of hydrogen-bond acceptors (Lipinski definition) is 4. The molecule has 252 valence electrons. The smallest absolute Gasteiger partial charge is 0.162 e. The number of likely N-dealkylation sites (tertiary alicyclic amines) is 1. The number of hydrogen-bond donors (Lipinski definition) is 1. The van der Waals surface area contributed by atoms with E-state index in [0.29, 0.717) is 29.8 Å². The number of nitrogens with zero attached hydrogens (tertiary/aromatic N) is 2. The van der Waals surface area contributed by atoms with E-state index in [1.165, 1.54) is 52.1 Å². The average Bonchev–Trinajstić information content (AvgIpc) is 3.23.